The van der Waals surface area contributed by atoms with Crippen LogP contribution in [0.3, 0.4) is 0 Å². The first-order valence-corrected chi connectivity index (χ1v) is 25.5. The lowest BCUT2D eigenvalue weighted by Gasteiger charge is -2.40. The summed E-state index contributed by atoms with van der Waals surface area (Å²) < 4.78 is 11.1. The Hall–Kier alpha value is -1.93. The van der Waals surface area contributed by atoms with Crippen LogP contribution in [0.2, 0.25) is 0 Å². The van der Waals surface area contributed by atoms with Gasteiger partial charge in [0.25, 0.3) is 0 Å². The summed E-state index contributed by atoms with van der Waals surface area (Å²) in [4.78, 5) is 13.1. The molecule has 0 aromatic rings. The van der Waals surface area contributed by atoms with E-state index in [-0.39, 0.29) is 12.8 Å². The zero-order valence-electron chi connectivity index (χ0n) is 39.8. The molecule has 0 spiro atoms. The fourth-order valence-electron chi connectivity index (χ4n) is 7.84. The van der Waals surface area contributed by atoms with Crippen LogP contribution in [0.25, 0.3) is 0 Å². The zero-order valence-corrected chi connectivity index (χ0v) is 39.8. The fourth-order valence-corrected chi connectivity index (χ4v) is 7.84. The SMILES string of the molecule is CCCCC/C=C\C/C=C\CCCCCCCCC(O)C(=O)NC(COC1OC(CO)C(O)C(O)C1O)C(O)C(O)CCC/C=C/CC/C=C/CCCCCCCCCCCCC. The van der Waals surface area contributed by atoms with Crippen LogP contribution in [0.4, 0.5) is 0 Å². The molecule has 9 unspecified atom stereocenters. The van der Waals surface area contributed by atoms with Gasteiger partial charge in [-0.3, -0.25) is 4.79 Å². The van der Waals surface area contributed by atoms with Crippen LogP contribution in [-0.4, -0.2) is 110 Å². The molecule has 0 bridgehead atoms. The Balaban J connectivity index is 2.44. The van der Waals surface area contributed by atoms with Gasteiger partial charge < -0.3 is 50.5 Å². The number of amides is 1. The van der Waals surface area contributed by atoms with Crippen LogP contribution < -0.4 is 5.32 Å². The van der Waals surface area contributed by atoms with Crippen molar-refractivity contribution in [3.05, 3.63) is 48.6 Å². The summed E-state index contributed by atoms with van der Waals surface area (Å²) in [7, 11) is 0. The molecule has 1 heterocycles. The average Bonchev–Trinajstić information content (AvgIpc) is 3.28. The Morgan fingerprint density at radius 1 is 0.556 bits per heavy atom. The molecular weight excluding hydrogens is 799 g/mol. The molecule has 1 aliphatic rings. The van der Waals surface area contributed by atoms with Crippen LogP contribution in [0.1, 0.15) is 206 Å². The standard InChI is InChI=1S/C52H95NO10/c1-3-5-7-9-11-13-15-17-19-21-22-23-24-26-27-29-31-33-35-37-39-44(55)47(57)43(42-62-52-50(60)49(59)48(58)46(41-54)63-52)53-51(61)45(56)40-38-36-34-32-30-28-25-20-18-16-14-12-10-8-6-4-2/h12,14,18,20,24,26,31,33,43-50,52,54-60H,3-11,13,15-17,19,21-23,25,27-30,32,34-42H2,1-2H3,(H,53,61)/b14-12-,20-18-,26-24+,33-31+. The van der Waals surface area contributed by atoms with E-state index in [2.05, 4.69) is 67.8 Å². The molecule has 1 amide bonds. The van der Waals surface area contributed by atoms with Gasteiger partial charge in [0.2, 0.25) is 5.91 Å². The molecule has 0 saturated carbocycles. The molecule has 1 saturated heterocycles. The molecule has 0 radical (unpaired) electrons. The predicted octanol–water partition coefficient (Wildman–Crippen LogP) is 9.34. The lowest BCUT2D eigenvalue weighted by molar-refractivity contribution is -0.303. The van der Waals surface area contributed by atoms with Crippen molar-refractivity contribution in [3.63, 3.8) is 0 Å². The third-order valence-electron chi connectivity index (χ3n) is 12.1. The van der Waals surface area contributed by atoms with Crippen LogP contribution in [0.5, 0.6) is 0 Å². The summed E-state index contributed by atoms with van der Waals surface area (Å²) >= 11 is 0. The lowest BCUT2D eigenvalue weighted by atomic mass is 9.98. The zero-order chi connectivity index (χ0) is 46.2. The number of allylic oxidation sites excluding steroid dienone is 8. The Kier molecular flexibility index (Phi) is 38.9. The van der Waals surface area contributed by atoms with Gasteiger partial charge in [-0.1, -0.05) is 172 Å². The van der Waals surface area contributed by atoms with Gasteiger partial charge in [0.05, 0.1) is 25.4 Å². The molecular formula is C52H95NO10. The number of hydrogen-bond acceptors (Lipinski definition) is 10. The Labute approximate surface area is 383 Å². The van der Waals surface area contributed by atoms with Crippen molar-refractivity contribution >= 4 is 5.91 Å². The van der Waals surface area contributed by atoms with E-state index < -0.39 is 74.2 Å². The number of unbranched alkanes of at least 4 members (excludes halogenated alkanes) is 22. The van der Waals surface area contributed by atoms with E-state index in [1.165, 1.54) is 89.9 Å². The minimum atomic E-state index is -1.67. The topological polar surface area (TPSA) is 189 Å². The van der Waals surface area contributed by atoms with E-state index in [1.54, 1.807) is 0 Å². The third kappa shape index (κ3) is 30.8. The van der Waals surface area contributed by atoms with Gasteiger partial charge in [-0.2, -0.15) is 0 Å². The second kappa shape index (κ2) is 41.5. The minimum absolute atomic E-state index is 0.237. The average molecular weight is 894 g/mol. The monoisotopic (exact) mass is 894 g/mol. The smallest absolute Gasteiger partial charge is 0.249 e. The molecule has 368 valence electrons. The fraction of sp³-hybridized carbons (Fsp3) is 0.827. The summed E-state index contributed by atoms with van der Waals surface area (Å²) in [6, 6.07) is -1.20. The van der Waals surface area contributed by atoms with Gasteiger partial charge >= 0.3 is 0 Å². The highest BCUT2D eigenvalue weighted by Gasteiger charge is 2.44. The Morgan fingerprint density at radius 2 is 1.00 bits per heavy atom. The normalized spacial score (nSPS) is 21.6. The van der Waals surface area contributed by atoms with Crippen molar-refractivity contribution in [2.75, 3.05) is 13.2 Å². The van der Waals surface area contributed by atoms with E-state index in [0.29, 0.717) is 19.3 Å². The number of nitrogens with one attached hydrogen (secondary N) is 1. The molecule has 1 rings (SSSR count). The summed E-state index contributed by atoms with van der Waals surface area (Å²) in [5, 5.41) is 75.8. The molecule has 0 aliphatic carbocycles. The van der Waals surface area contributed by atoms with Crippen LogP contribution in [0.15, 0.2) is 48.6 Å². The second-order valence-corrected chi connectivity index (χ2v) is 17.9. The van der Waals surface area contributed by atoms with Gasteiger partial charge in [-0.15, -0.1) is 0 Å². The van der Waals surface area contributed by atoms with E-state index >= 15 is 0 Å². The Morgan fingerprint density at radius 3 is 1.54 bits per heavy atom. The summed E-state index contributed by atoms with van der Waals surface area (Å²) in [6.45, 7) is 3.39. The molecule has 11 nitrogen and oxygen atoms in total. The maximum atomic E-state index is 13.1. The quantitative estimate of drug-likeness (QED) is 0.0217. The van der Waals surface area contributed by atoms with Crippen molar-refractivity contribution in [3.8, 4) is 0 Å². The first kappa shape index (κ1) is 59.1. The highest BCUT2D eigenvalue weighted by molar-refractivity contribution is 5.80. The number of carbonyl (C=O) groups excluding carboxylic acids is 1. The molecule has 8 N–H and O–H groups in total. The molecule has 9 atom stereocenters. The van der Waals surface area contributed by atoms with E-state index in [4.69, 9.17) is 9.47 Å². The van der Waals surface area contributed by atoms with E-state index in [0.717, 1.165) is 70.6 Å². The van der Waals surface area contributed by atoms with Crippen molar-refractivity contribution in [2.24, 2.45) is 0 Å². The lowest BCUT2D eigenvalue weighted by Crippen LogP contribution is -2.60. The molecule has 11 heteroatoms. The summed E-state index contributed by atoms with van der Waals surface area (Å²) in [5.41, 5.74) is 0. The van der Waals surface area contributed by atoms with Crippen molar-refractivity contribution < 1.29 is 50.0 Å². The van der Waals surface area contributed by atoms with E-state index in [1.807, 2.05) is 0 Å². The second-order valence-electron chi connectivity index (χ2n) is 17.9. The largest absolute Gasteiger partial charge is 0.394 e. The third-order valence-corrected chi connectivity index (χ3v) is 12.1. The Bertz CT molecular complexity index is 1160. The van der Waals surface area contributed by atoms with Crippen molar-refractivity contribution in [1.82, 2.24) is 5.32 Å². The highest BCUT2D eigenvalue weighted by Crippen LogP contribution is 2.23. The highest BCUT2D eigenvalue weighted by atomic mass is 16.7. The molecule has 63 heavy (non-hydrogen) atoms. The summed E-state index contributed by atoms with van der Waals surface area (Å²) in [5.74, 6) is -0.720. The van der Waals surface area contributed by atoms with Crippen LogP contribution in [0, 0.1) is 0 Å². The first-order chi connectivity index (χ1) is 30.7. The predicted molar refractivity (Wildman–Crippen MR) is 256 cm³/mol. The van der Waals surface area contributed by atoms with E-state index in [9.17, 15) is 40.5 Å². The summed E-state index contributed by atoms with van der Waals surface area (Å²) in [6.07, 6.45) is 38.7. The minimum Gasteiger partial charge on any atom is -0.394 e. The van der Waals surface area contributed by atoms with Gasteiger partial charge in [0.15, 0.2) is 6.29 Å². The van der Waals surface area contributed by atoms with Crippen molar-refractivity contribution in [1.29, 1.82) is 0 Å². The molecule has 0 aromatic heterocycles. The number of hydrogen-bond donors (Lipinski definition) is 8. The molecule has 1 aliphatic heterocycles. The van der Waals surface area contributed by atoms with Crippen LogP contribution >= 0.6 is 0 Å². The number of aliphatic hydroxyl groups is 7. The van der Waals surface area contributed by atoms with Crippen molar-refractivity contribution in [2.45, 2.75) is 262 Å². The number of aliphatic hydroxyl groups excluding tert-OH is 7. The first-order valence-electron chi connectivity index (χ1n) is 25.5. The maximum absolute atomic E-state index is 13.1. The van der Waals surface area contributed by atoms with Gasteiger partial charge in [0.1, 0.15) is 36.6 Å². The van der Waals surface area contributed by atoms with Gasteiger partial charge in [-0.05, 0) is 83.5 Å². The van der Waals surface area contributed by atoms with Gasteiger partial charge in [-0.25, -0.2) is 0 Å². The number of carbonyl (C=O) groups is 1. The molecule has 1 fully saturated rings. The van der Waals surface area contributed by atoms with Gasteiger partial charge in [0, 0.05) is 0 Å². The number of rotatable bonds is 42. The van der Waals surface area contributed by atoms with Crippen LogP contribution in [-0.2, 0) is 14.3 Å². The maximum Gasteiger partial charge on any atom is 0.249 e. The number of ether oxygens (including phenoxy) is 2. The molecule has 0 aromatic carbocycles.